The van der Waals surface area contributed by atoms with Crippen LogP contribution < -0.4 is 15.9 Å². The van der Waals surface area contributed by atoms with Gasteiger partial charge in [-0.05, 0) is 0 Å². The number of hydrogen-bond acceptors (Lipinski definition) is 2. The van der Waals surface area contributed by atoms with Gasteiger partial charge >= 0.3 is 175 Å². The molecule has 3 aromatic carbocycles. The molecule has 138 valence electrons. The summed E-state index contributed by atoms with van der Waals surface area (Å²) < 4.78 is 4.99. The fourth-order valence-corrected chi connectivity index (χ4v) is 8.44. The maximum absolute atomic E-state index is 12.4. The minimum Gasteiger partial charge on any atom is 1.00 e. The molecule has 0 aliphatic rings. The van der Waals surface area contributed by atoms with Crippen molar-refractivity contribution in [1.29, 1.82) is 0 Å². The van der Waals surface area contributed by atoms with Gasteiger partial charge in [0.15, 0.2) is 0 Å². The zero-order chi connectivity index (χ0) is 17.8. The second-order valence-corrected chi connectivity index (χ2v) is 11.8. The smallest absolute Gasteiger partial charge is 1.00 e. The van der Waals surface area contributed by atoms with Crippen molar-refractivity contribution in [2.75, 3.05) is 7.11 Å². The van der Waals surface area contributed by atoms with E-state index in [1.807, 2.05) is 91.0 Å². The number of ether oxygens (including phenoxy) is 1. The quantitative estimate of drug-likeness (QED) is 0.202. The van der Waals surface area contributed by atoms with Crippen LogP contribution in [0.2, 0.25) is 0 Å². The number of carbonyl (C=O) groups is 1. The maximum Gasteiger partial charge on any atom is 1.00 e. The monoisotopic (exact) mass is 566 g/mol. The second-order valence-electron chi connectivity index (χ2n) is 5.73. The summed E-state index contributed by atoms with van der Waals surface area (Å²) in [6, 6.07) is 29.3. The third-order valence-electron chi connectivity index (χ3n) is 4.33. The number of hydrogen-bond donors (Lipinski definition) is 0. The van der Waals surface area contributed by atoms with E-state index in [-0.39, 0.29) is 22.4 Å². The first kappa shape index (κ1) is 20.8. The molecule has 0 fully saturated rings. The molecular weight excluding hydrogens is 548 g/mol. The Hall–Kier alpha value is -1.54. The van der Waals surface area contributed by atoms with E-state index in [0.717, 1.165) is 15.9 Å². The van der Waals surface area contributed by atoms with Crippen LogP contribution in [0.5, 0.6) is 0 Å². The normalized spacial score (nSPS) is 12.2. The van der Waals surface area contributed by atoms with Gasteiger partial charge in [0.1, 0.15) is 0 Å². The van der Waals surface area contributed by atoms with Gasteiger partial charge in [-0.15, -0.1) is 0 Å². The Morgan fingerprint density at radius 1 is 0.769 bits per heavy atom. The van der Waals surface area contributed by atoms with Gasteiger partial charge in [-0.1, -0.05) is 0 Å². The van der Waals surface area contributed by atoms with Gasteiger partial charge < -0.3 is 0 Å². The molecule has 0 aliphatic heterocycles. The molecule has 0 spiro atoms. The molecule has 0 unspecified atom stereocenters. The minimum atomic E-state index is -3.65. The van der Waals surface area contributed by atoms with E-state index in [2.05, 4.69) is 0 Å². The van der Waals surface area contributed by atoms with Crippen LogP contribution in [0, 0.1) is 6.16 Å². The molecular formula is C21H19AuClO2P. The zero-order valence-electron chi connectivity index (χ0n) is 14.2. The molecule has 3 aromatic rings. The van der Waals surface area contributed by atoms with E-state index in [0.29, 0.717) is 0 Å². The molecule has 0 saturated carbocycles. The van der Waals surface area contributed by atoms with Crippen LogP contribution in [-0.4, -0.2) is 13.1 Å². The van der Waals surface area contributed by atoms with Crippen molar-refractivity contribution in [2.24, 2.45) is 0 Å². The summed E-state index contributed by atoms with van der Waals surface area (Å²) >= 11 is 7.62. The van der Waals surface area contributed by atoms with Crippen molar-refractivity contribution in [3.05, 3.63) is 97.2 Å². The first-order valence-electron chi connectivity index (χ1n) is 7.94. The molecule has 0 aliphatic carbocycles. The molecule has 0 aromatic heterocycles. The molecule has 0 N–H and O–H groups in total. The zero-order valence-corrected chi connectivity index (χ0v) is 18.0. The summed E-state index contributed by atoms with van der Waals surface area (Å²) in [7, 11) is 1.37. The average Bonchev–Trinajstić information content (AvgIpc) is 2.70. The van der Waals surface area contributed by atoms with Gasteiger partial charge in [0, 0.05) is 0 Å². The van der Waals surface area contributed by atoms with Gasteiger partial charge in [0.25, 0.3) is 0 Å². The molecule has 5 heteroatoms. The molecule has 0 amide bonds. The molecule has 0 heterocycles. The number of carbonyl (C=O) groups excluding carboxylic acids is 1. The van der Waals surface area contributed by atoms with Gasteiger partial charge in [0.05, 0.1) is 0 Å². The van der Waals surface area contributed by atoms with Crippen LogP contribution >= 0.6 is 17.2 Å². The van der Waals surface area contributed by atoms with Crippen molar-refractivity contribution >= 4 is 39.1 Å². The minimum absolute atomic E-state index is 0. The van der Waals surface area contributed by atoms with Crippen LogP contribution in [0.15, 0.2) is 91.0 Å². The van der Waals surface area contributed by atoms with E-state index in [1.165, 1.54) is 7.11 Å². The van der Waals surface area contributed by atoms with Crippen molar-refractivity contribution in [3.63, 3.8) is 0 Å². The Morgan fingerprint density at radius 2 is 1.08 bits per heavy atom. The number of rotatable bonds is 5. The summed E-state index contributed by atoms with van der Waals surface area (Å²) in [5, 5.41) is 2.70. The van der Waals surface area contributed by atoms with Crippen molar-refractivity contribution in [3.8, 4) is 0 Å². The summed E-state index contributed by atoms with van der Waals surface area (Å²) in [4.78, 5) is 12.4. The maximum atomic E-state index is 12.4. The van der Waals surface area contributed by atoms with E-state index in [9.17, 15) is 4.79 Å². The summed E-state index contributed by atoms with van der Waals surface area (Å²) in [5.74, 6) is -4.09. The predicted molar refractivity (Wildman–Crippen MR) is 107 cm³/mol. The molecule has 26 heavy (non-hydrogen) atoms. The van der Waals surface area contributed by atoms with E-state index >= 15 is 0 Å². The Morgan fingerprint density at radius 3 is 1.35 bits per heavy atom. The van der Waals surface area contributed by atoms with Gasteiger partial charge in [-0.25, -0.2) is 0 Å². The van der Waals surface area contributed by atoms with Gasteiger partial charge in [-0.2, -0.15) is 0 Å². The standard InChI is InChI=1S/C21H19ClO2P.Au/c1-24-21(23)17-25(22,18-11-5-2-6-12-18,19-13-7-3-8-14-19)20-15-9-4-10-16-20;/h2-17H,1H3;/q-1;+1. The van der Waals surface area contributed by atoms with E-state index in [1.54, 1.807) is 6.16 Å². The van der Waals surface area contributed by atoms with E-state index < -0.39 is 11.9 Å². The van der Waals surface area contributed by atoms with Crippen LogP contribution in [0.4, 0.5) is 0 Å². The van der Waals surface area contributed by atoms with Gasteiger partial charge in [-0.3, -0.25) is 0 Å². The Balaban J connectivity index is 0.00000243. The third-order valence-corrected chi connectivity index (χ3v) is 11.0. The van der Waals surface area contributed by atoms with Crippen LogP contribution in [0.1, 0.15) is 0 Å². The molecule has 0 radical (unpaired) electrons. The average molecular weight is 567 g/mol. The fraction of sp³-hybridized carbons (Fsp3) is 0.0476. The summed E-state index contributed by atoms with van der Waals surface area (Å²) in [5.41, 5.74) is 0. The molecule has 0 saturated heterocycles. The third kappa shape index (κ3) is 3.49. The Kier molecular flexibility index (Phi) is 6.74. The van der Waals surface area contributed by atoms with Crippen molar-refractivity contribution in [1.82, 2.24) is 0 Å². The topological polar surface area (TPSA) is 26.3 Å². The molecule has 3 rings (SSSR count). The number of esters is 1. The van der Waals surface area contributed by atoms with Crippen molar-refractivity contribution in [2.45, 2.75) is 0 Å². The Labute approximate surface area is 174 Å². The molecule has 0 atom stereocenters. The number of methoxy groups -OCH3 is 1. The van der Waals surface area contributed by atoms with Crippen LogP contribution in [0.25, 0.3) is 0 Å². The fourth-order valence-electron chi connectivity index (χ4n) is 3.08. The summed E-state index contributed by atoms with van der Waals surface area (Å²) in [6.45, 7) is 0. The van der Waals surface area contributed by atoms with Crippen molar-refractivity contribution < 1.29 is 31.9 Å². The SMILES string of the molecule is COC(=O)[CH-]P(Cl)(c1ccccc1)(c1ccccc1)c1ccccc1.[Au+]. The Bertz CT molecular complexity index is 758. The van der Waals surface area contributed by atoms with E-state index in [4.69, 9.17) is 16.0 Å². The molecule has 0 bridgehead atoms. The summed E-state index contributed by atoms with van der Waals surface area (Å²) in [6.07, 6.45) is 1.58. The van der Waals surface area contributed by atoms with Crippen LogP contribution in [0.3, 0.4) is 0 Å². The number of benzene rings is 3. The second kappa shape index (κ2) is 8.43. The first-order valence-corrected chi connectivity index (χ1v) is 11.1. The van der Waals surface area contributed by atoms with Crippen LogP contribution in [-0.2, 0) is 31.9 Å². The first-order chi connectivity index (χ1) is 12.1. The largest absolute Gasteiger partial charge is 1.00 e. The van der Waals surface area contributed by atoms with Gasteiger partial charge in [0.2, 0.25) is 0 Å². The predicted octanol–water partition coefficient (Wildman–Crippen LogP) is 4.00. The number of halogens is 1. The molecule has 2 nitrogen and oxygen atoms in total.